The van der Waals surface area contributed by atoms with E-state index in [2.05, 4.69) is 30.6 Å². The van der Waals surface area contributed by atoms with Gasteiger partial charge in [0.15, 0.2) is 0 Å². The molecule has 0 aliphatic rings. The van der Waals surface area contributed by atoms with E-state index in [1.54, 1.807) is 0 Å². The van der Waals surface area contributed by atoms with E-state index >= 15 is 0 Å². The van der Waals surface area contributed by atoms with Gasteiger partial charge < -0.3 is 41.1 Å². The van der Waals surface area contributed by atoms with Crippen molar-refractivity contribution in [2.75, 3.05) is 0 Å². The smallest absolute Gasteiger partial charge is 0.577 e. The molecule has 0 amide bonds. The zero-order valence-electron chi connectivity index (χ0n) is 3.10. The van der Waals surface area contributed by atoms with Crippen molar-refractivity contribution in [3.63, 3.8) is 0 Å². The largest absolute Gasteiger partial charge is 2.00 e. The van der Waals surface area contributed by atoms with Crippen molar-refractivity contribution in [3.05, 3.63) is 10.5 Å². The minimum atomic E-state index is 0. The summed E-state index contributed by atoms with van der Waals surface area (Å²) in [6.45, 7) is 0. The van der Waals surface area contributed by atoms with Crippen LogP contribution in [-0.2, 0) is 29.7 Å². The first-order chi connectivity index (χ1) is 2.73. The zero-order chi connectivity index (χ0) is 5.58. The van der Waals surface area contributed by atoms with Crippen molar-refractivity contribution in [1.82, 2.24) is 0 Å². The van der Waals surface area contributed by atoms with Gasteiger partial charge >= 0.3 is 17.1 Å². The van der Waals surface area contributed by atoms with Crippen molar-refractivity contribution >= 4 is 29.2 Å². The average Bonchev–Trinajstić information content (AvgIpc) is 1.41. The van der Waals surface area contributed by atoms with Gasteiger partial charge in [0.05, 0.1) is 0 Å². The molecule has 0 radical (unpaired) electrons. The van der Waals surface area contributed by atoms with E-state index in [-0.39, 0.29) is 21.4 Å². The molecule has 0 bridgehead atoms. The Bertz CT molecular complexity index is 47.0. The third-order valence-corrected chi connectivity index (χ3v) is 0. The Morgan fingerprint density at radius 1 is 1.71 bits per heavy atom. The molecule has 0 saturated heterocycles. The van der Waals surface area contributed by atoms with Gasteiger partial charge in [0.2, 0.25) is 0 Å². The molecule has 0 atom stereocenters. The second kappa shape index (κ2) is 16.3. The van der Waals surface area contributed by atoms with Crippen LogP contribution in [0.15, 0.2) is 0 Å². The van der Waals surface area contributed by atoms with E-state index < -0.39 is 0 Å². The zero-order valence-corrected chi connectivity index (χ0v) is 5.84. The van der Waals surface area contributed by atoms with Gasteiger partial charge in [-0.25, -0.2) is 0 Å². The summed E-state index contributed by atoms with van der Waals surface area (Å²) in [5, 5.41) is 0. The summed E-state index contributed by atoms with van der Waals surface area (Å²) in [6, 6.07) is 0. The van der Waals surface area contributed by atoms with Gasteiger partial charge in [-0.15, -0.1) is 0 Å². The van der Waals surface area contributed by atoms with Crippen molar-refractivity contribution < 1.29 is 17.1 Å². The van der Waals surface area contributed by atoms with E-state index in [9.17, 15) is 0 Å². The summed E-state index contributed by atoms with van der Waals surface area (Å²) in [4.78, 5) is 7.25. The first-order valence-corrected chi connectivity index (χ1v) is 1.70. The molecule has 2 N–H and O–H groups in total. The first-order valence-electron chi connectivity index (χ1n) is 0.879. The Kier molecular flexibility index (Phi) is 36.6. The van der Waals surface area contributed by atoms with Crippen LogP contribution in [0.3, 0.4) is 0 Å². The number of rotatable bonds is 0. The van der Waals surface area contributed by atoms with Gasteiger partial charge in [0, 0.05) is 0 Å². The summed E-state index contributed by atoms with van der Waals surface area (Å²) in [7, 11) is 0. The van der Waals surface area contributed by atoms with Crippen LogP contribution in [0, 0.1) is 4.91 Å². The SMILES string of the molecule is NC(=S)[S-].[Fe+2].[N-]=O. The Morgan fingerprint density at radius 3 is 1.71 bits per heavy atom. The fraction of sp³-hybridized carbons (Fsp3) is 0. The molecule has 0 heterocycles. The van der Waals surface area contributed by atoms with Gasteiger partial charge in [0.25, 0.3) is 0 Å². The Balaban J connectivity index is -0.0000000480. The van der Waals surface area contributed by atoms with Crippen LogP contribution in [0.5, 0.6) is 0 Å². The number of nitroso groups, excluding NO2 is 1. The number of nitrogens with zero attached hydrogens (tertiary/aromatic N) is 1. The fourth-order valence-corrected chi connectivity index (χ4v) is 0. The third-order valence-electron chi connectivity index (χ3n) is 0. The normalized spacial score (nSPS) is 4.00. The molecule has 0 unspecified atom stereocenters. The number of hydrogen-bond donors (Lipinski definition) is 1. The second-order valence-corrected chi connectivity index (χ2v) is 1.46. The predicted molar refractivity (Wildman–Crippen MR) is 30.9 cm³/mol. The molecule has 7 heavy (non-hydrogen) atoms. The summed E-state index contributed by atoms with van der Waals surface area (Å²) < 4.78 is 0.0833. The standard InChI is InChI=1S/CH3NS2.Fe.NO/c2-1(3)4;;1-2/h(H3,2,3,4);;/q;+2;-1/p-1. The van der Waals surface area contributed by atoms with E-state index in [0.29, 0.717) is 0 Å². The molecular formula is CH2FeN2OS2. The second-order valence-electron chi connectivity index (χ2n) is 0.319. The maximum Gasteiger partial charge on any atom is 2.00 e. The molecule has 0 rings (SSSR count). The van der Waals surface area contributed by atoms with Crippen LogP contribution in [-0.4, -0.2) is 4.32 Å². The van der Waals surface area contributed by atoms with E-state index in [4.69, 9.17) is 10.5 Å². The van der Waals surface area contributed by atoms with Gasteiger partial charge in [-0.2, -0.15) is 0 Å². The molecule has 0 aromatic rings. The molecule has 0 aromatic heterocycles. The quantitative estimate of drug-likeness (QED) is 0.324. The van der Waals surface area contributed by atoms with Gasteiger partial charge in [-0.05, 0) is 0 Å². The van der Waals surface area contributed by atoms with Crippen LogP contribution in [0.2, 0.25) is 0 Å². The van der Waals surface area contributed by atoms with Crippen molar-refractivity contribution in [2.24, 2.45) is 5.73 Å². The van der Waals surface area contributed by atoms with E-state index in [0.717, 1.165) is 0 Å². The molecule has 3 nitrogen and oxygen atoms in total. The topological polar surface area (TPSA) is 65.4 Å². The fourth-order valence-electron chi connectivity index (χ4n) is 0. The van der Waals surface area contributed by atoms with Crippen LogP contribution in [0.4, 0.5) is 0 Å². The molecule has 0 aliphatic heterocycles. The van der Waals surface area contributed by atoms with Gasteiger partial charge in [-0.1, -0.05) is 4.32 Å². The van der Waals surface area contributed by atoms with Crippen LogP contribution in [0.25, 0.3) is 5.59 Å². The minimum Gasteiger partial charge on any atom is -0.577 e. The number of thiocarbonyl (C=S) groups is 1. The van der Waals surface area contributed by atoms with Crippen LogP contribution >= 0.6 is 12.2 Å². The van der Waals surface area contributed by atoms with Crippen molar-refractivity contribution in [3.8, 4) is 0 Å². The van der Waals surface area contributed by atoms with Crippen molar-refractivity contribution in [2.45, 2.75) is 0 Å². The average molecular weight is 178 g/mol. The summed E-state index contributed by atoms with van der Waals surface area (Å²) in [6.07, 6.45) is 0. The summed E-state index contributed by atoms with van der Waals surface area (Å²) in [5.74, 6) is 0. The van der Waals surface area contributed by atoms with Crippen LogP contribution in [0.1, 0.15) is 0 Å². The molecule has 0 fully saturated rings. The molecule has 0 spiro atoms. The molecular weight excluding hydrogens is 176 g/mol. The Labute approximate surface area is 62.7 Å². The molecule has 0 saturated carbocycles. The Morgan fingerprint density at radius 2 is 1.71 bits per heavy atom. The van der Waals surface area contributed by atoms with Crippen LogP contribution < -0.4 is 5.73 Å². The van der Waals surface area contributed by atoms with Gasteiger partial charge in [0.1, 0.15) is 0 Å². The monoisotopic (exact) mass is 178 g/mol. The number of hydrogen-bond acceptors (Lipinski definition) is 3. The molecule has 0 aromatic carbocycles. The summed E-state index contributed by atoms with van der Waals surface area (Å²) >= 11 is 8.26. The van der Waals surface area contributed by atoms with E-state index in [1.165, 1.54) is 0 Å². The maximum absolute atomic E-state index is 7.25. The maximum atomic E-state index is 7.25. The molecule has 6 heteroatoms. The van der Waals surface area contributed by atoms with E-state index in [1.807, 2.05) is 0 Å². The van der Waals surface area contributed by atoms with Crippen molar-refractivity contribution in [1.29, 1.82) is 0 Å². The number of nitrogens with two attached hydrogens (primary N) is 1. The minimum absolute atomic E-state index is 0. The molecule has 42 valence electrons. The first kappa shape index (κ1) is 15.7. The predicted octanol–water partition coefficient (Wildman–Crippen LogP) is 0.0966. The van der Waals surface area contributed by atoms with Gasteiger partial charge in [-0.3, -0.25) is 0 Å². The summed E-state index contributed by atoms with van der Waals surface area (Å²) in [5.41, 5.74) is 10.4. The third kappa shape index (κ3) is 2120. The Hall–Kier alpha value is 0.229. The molecule has 0 aliphatic carbocycles.